The SMILES string of the molecule is Cc1cc(-c2cccc(C(N)=O)c2)nc2c(C(=O)NC(C3CC3)C(C)(F)F)ncn12. The van der Waals surface area contributed by atoms with Gasteiger partial charge in [-0.2, -0.15) is 0 Å². The van der Waals surface area contributed by atoms with Crippen LogP contribution in [0.3, 0.4) is 0 Å². The maximum atomic E-state index is 14.0. The Labute approximate surface area is 171 Å². The van der Waals surface area contributed by atoms with E-state index in [1.165, 1.54) is 6.33 Å². The van der Waals surface area contributed by atoms with Gasteiger partial charge < -0.3 is 11.1 Å². The van der Waals surface area contributed by atoms with Gasteiger partial charge in [-0.25, -0.2) is 18.7 Å². The number of primary amides is 1. The number of nitrogens with one attached hydrogen (secondary N) is 1. The van der Waals surface area contributed by atoms with Crippen LogP contribution in [-0.4, -0.2) is 38.1 Å². The zero-order chi connectivity index (χ0) is 21.6. The Morgan fingerprint density at radius 1 is 1.30 bits per heavy atom. The van der Waals surface area contributed by atoms with Gasteiger partial charge in [0.2, 0.25) is 5.91 Å². The van der Waals surface area contributed by atoms with Gasteiger partial charge in [-0.05, 0) is 43.9 Å². The van der Waals surface area contributed by atoms with Crippen LogP contribution in [0.4, 0.5) is 8.78 Å². The van der Waals surface area contributed by atoms with Gasteiger partial charge in [0.1, 0.15) is 6.33 Å². The molecule has 156 valence electrons. The highest BCUT2D eigenvalue weighted by molar-refractivity contribution is 5.98. The van der Waals surface area contributed by atoms with Crippen LogP contribution < -0.4 is 11.1 Å². The zero-order valence-electron chi connectivity index (χ0n) is 16.5. The molecule has 2 heterocycles. The fraction of sp³-hybridized carbons (Fsp3) is 0.333. The number of rotatable bonds is 6. The number of alkyl halides is 2. The quantitative estimate of drug-likeness (QED) is 0.649. The lowest BCUT2D eigenvalue weighted by Crippen LogP contribution is -2.47. The number of aryl methyl sites for hydroxylation is 1. The summed E-state index contributed by atoms with van der Waals surface area (Å²) in [6, 6.07) is 7.20. The lowest BCUT2D eigenvalue weighted by molar-refractivity contribution is -0.0239. The molecule has 1 aliphatic carbocycles. The molecule has 0 saturated heterocycles. The molecule has 0 radical (unpaired) electrons. The van der Waals surface area contributed by atoms with Crippen LogP contribution in [0, 0.1) is 12.8 Å². The van der Waals surface area contributed by atoms with Crippen LogP contribution in [0.5, 0.6) is 0 Å². The first kappa shape index (κ1) is 19.9. The third kappa shape index (κ3) is 3.74. The van der Waals surface area contributed by atoms with E-state index in [9.17, 15) is 18.4 Å². The van der Waals surface area contributed by atoms with Crippen molar-refractivity contribution in [2.75, 3.05) is 0 Å². The molecule has 2 amide bonds. The van der Waals surface area contributed by atoms with E-state index in [-0.39, 0.29) is 17.3 Å². The van der Waals surface area contributed by atoms with Gasteiger partial charge in [-0.1, -0.05) is 12.1 Å². The molecule has 0 aliphatic heterocycles. The molecule has 9 heteroatoms. The predicted molar refractivity (Wildman–Crippen MR) is 106 cm³/mol. The first-order valence-corrected chi connectivity index (χ1v) is 9.59. The second kappa shape index (κ2) is 7.16. The number of hydrogen-bond acceptors (Lipinski definition) is 4. The lowest BCUT2D eigenvalue weighted by Gasteiger charge is -2.24. The van der Waals surface area contributed by atoms with E-state index in [4.69, 9.17) is 5.73 Å². The van der Waals surface area contributed by atoms with Gasteiger partial charge in [0.25, 0.3) is 11.8 Å². The molecular formula is C21H21F2N5O2. The maximum Gasteiger partial charge on any atom is 0.274 e. The van der Waals surface area contributed by atoms with Crippen molar-refractivity contribution in [3.63, 3.8) is 0 Å². The van der Waals surface area contributed by atoms with E-state index in [0.29, 0.717) is 29.7 Å². The molecule has 1 unspecified atom stereocenters. The van der Waals surface area contributed by atoms with Crippen LogP contribution in [0.15, 0.2) is 36.7 Å². The van der Waals surface area contributed by atoms with Crippen molar-refractivity contribution < 1.29 is 18.4 Å². The lowest BCUT2D eigenvalue weighted by atomic mass is 10.1. The number of imidazole rings is 1. The summed E-state index contributed by atoms with van der Waals surface area (Å²) in [6.07, 6.45) is 2.76. The molecule has 30 heavy (non-hydrogen) atoms. The summed E-state index contributed by atoms with van der Waals surface area (Å²) >= 11 is 0. The number of hydrogen-bond donors (Lipinski definition) is 2. The number of carbonyl (C=O) groups excluding carboxylic acids is 2. The van der Waals surface area contributed by atoms with Gasteiger partial charge in [0.05, 0.1) is 11.7 Å². The molecule has 3 aromatic rings. The van der Waals surface area contributed by atoms with E-state index < -0.39 is 23.8 Å². The van der Waals surface area contributed by atoms with E-state index in [0.717, 1.165) is 12.6 Å². The summed E-state index contributed by atoms with van der Waals surface area (Å²) in [7, 11) is 0. The summed E-state index contributed by atoms with van der Waals surface area (Å²) in [5.74, 6) is -4.52. The maximum absolute atomic E-state index is 14.0. The summed E-state index contributed by atoms with van der Waals surface area (Å²) in [5, 5.41) is 2.45. The number of carbonyl (C=O) groups is 2. The normalized spacial score (nSPS) is 15.2. The fourth-order valence-electron chi connectivity index (χ4n) is 3.56. The van der Waals surface area contributed by atoms with E-state index in [1.807, 2.05) is 6.92 Å². The van der Waals surface area contributed by atoms with Crippen LogP contribution in [0.25, 0.3) is 16.9 Å². The van der Waals surface area contributed by atoms with Gasteiger partial charge in [0.15, 0.2) is 11.3 Å². The van der Waals surface area contributed by atoms with Crippen molar-refractivity contribution in [3.05, 3.63) is 53.6 Å². The summed E-state index contributed by atoms with van der Waals surface area (Å²) in [5.41, 5.74) is 7.80. The van der Waals surface area contributed by atoms with Crippen molar-refractivity contribution in [1.82, 2.24) is 19.7 Å². The van der Waals surface area contributed by atoms with Crippen molar-refractivity contribution in [3.8, 4) is 11.3 Å². The van der Waals surface area contributed by atoms with Crippen LogP contribution in [0.1, 0.15) is 46.3 Å². The summed E-state index contributed by atoms with van der Waals surface area (Å²) in [6.45, 7) is 2.63. The zero-order valence-corrected chi connectivity index (χ0v) is 16.5. The van der Waals surface area contributed by atoms with E-state index in [2.05, 4.69) is 15.3 Å². The molecular weight excluding hydrogens is 392 g/mol. The molecule has 0 spiro atoms. The Kier molecular flexibility index (Phi) is 4.76. The highest BCUT2D eigenvalue weighted by Gasteiger charge is 2.46. The third-order valence-electron chi connectivity index (χ3n) is 5.28. The first-order valence-electron chi connectivity index (χ1n) is 9.59. The Hall–Kier alpha value is -3.36. The monoisotopic (exact) mass is 413 g/mol. The van der Waals surface area contributed by atoms with Crippen molar-refractivity contribution in [2.45, 2.75) is 38.7 Å². The molecule has 0 bridgehead atoms. The highest BCUT2D eigenvalue weighted by Crippen LogP contribution is 2.39. The highest BCUT2D eigenvalue weighted by atomic mass is 19.3. The number of amides is 2. The predicted octanol–water partition coefficient (Wildman–Crippen LogP) is 2.97. The minimum atomic E-state index is -3.03. The molecule has 1 aliphatic rings. The van der Waals surface area contributed by atoms with Crippen molar-refractivity contribution in [1.29, 1.82) is 0 Å². The number of nitrogens with two attached hydrogens (primary N) is 1. The molecule has 3 N–H and O–H groups in total. The van der Waals surface area contributed by atoms with Crippen LogP contribution in [-0.2, 0) is 0 Å². The molecule has 7 nitrogen and oxygen atoms in total. The molecule has 1 saturated carbocycles. The van der Waals surface area contributed by atoms with Crippen LogP contribution >= 0.6 is 0 Å². The average molecular weight is 413 g/mol. The molecule has 1 atom stereocenters. The van der Waals surface area contributed by atoms with Gasteiger partial charge in [-0.3, -0.25) is 14.0 Å². The van der Waals surface area contributed by atoms with Gasteiger partial charge in [0, 0.05) is 23.7 Å². The number of fused-ring (bicyclic) bond motifs is 1. The smallest absolute Gasteiger partial charge is 0.274 e. The molecule has 1 fully saturated rings. The number of halogens is 2. The molecule has 2 aromatic heterocycles. The number of benzene rings is 1. The topological polar surface area (TPSA) is 102 Å². The molecule has 4 rings (SSSR count). The third-order valence-corrected chi connectivity index (χ3v) is 5.28. The first-order chi connectivity index (χ1) is 14.1. The van der Waals surface area contributed by atoms with Crippen LogP contribution in [0.2, 0.25) is 0 Å². The molecule has 1 aromatic carbocycles. The Morgan fingerprint density at radius 2 is 2.03 bits per heavy atom. The second-order valence-corrected chi connectivity index (χ2v) is 7.76. The fourth-order valence-corrected chi connectivity index (χ4v) is 3.56. The van der Waals surface area contributed by atoms with Crippen molar-refractivity contribution >= 4 is 17.5 Å². The average Bonchev–Trinajstić information content (AvgIpc) is 3.42. The Balaban J connectivity index is 1.73. The van der Waals surface area contributed by atoms with Crippen molar-refractivity contribution in [2.24, 2.45) is 11.7 Å². The number of nitrogens with zero attached hydrogens (tertiary/aromatic N) is 3. The van der Waals surface area contributed by atoms with E-state index in [1.54, 1.807) is 34.7 Å². The Bertz CT molecular complexity index is 1150. The number of aromatic nitrogens is 3. The summed E-state index contributed by atoms with van der Waals surface area (Å²) in [4.78, 5) is 32.9. The summed E-state index contributed by atoms with van der Waals surface area (Å²) < 4.78 is 29.5. The standard InChI is InChI=1S/C21H21F2N5O2/c1-11-8-15(13-4-3-5-14(9-13)18(24)29)26-19-16(25-10-28(11)19)20(30)27-17(12-6-7-12)21(2,22)23/h3-5,8-10,12,17H,6-7H2,1-2H3,(H2,24,29)(H,27,30). The van der Waals surface area contributed by atoms with Gasteiger partial charge in [-0.15, -0.1) is 0 Å². The Morgan fingerprint density at radius 3 is 2.67 bits per heavy atom. The largest absolute Gasteiger partial charge is 0.366 e. The van der Waals surface area contributed by atoms with E-state index >= 15 is 0 Å². The minimum Gasteiger partial charge on any atom is -0.366 e. The minimum absolute atomic E-state index is 0.0269. The van der Waals surface area contributed by atoms with Gasteiger partial charge >= 0.3 is 0 Å². The second-order valence-electron chi connectivity index (χ2n) is 7.76.